The highest BCUT2D eigenvalue weighted by molar-refractivity contribution is 5.87. The topological polar surface area (TPSA) is 47.4 Å². The van der Waals surface area contributed by atoms with Gasteiger partial charge in [-0.25, -0.2) is 4.98 Å². The number of carbonyl (C=O) groups excluding carboxylic acids is 1. The molecule has 5 nitrogen and oxygen atoms in total. The predicted molar refractivity (Wildman–Crippen MR) is 108 cm³/mol. The van der Waals surface area contributed by atoms with Gasteiger partial charge in [-0.3, -0.25) is 14.3 Å². The van der Waals surface area contributed by atoms with Crippen LogP contribution in [0, 0.1) is 12.3 Å². The number of hydrogen-bond donors (Lipinski definition) is 0. The molecule has 0 radical (unpaired) electrons. The molecular weight excluding hydrogens is 376 g/mol. The first kappa shape index (κ1) is 20.5. The maximum atomic E-state index is 13.1. The van der Waals surface area contributed by atoms with Gasteiger partial charge in [0.1, 0.15) is 11.5 Å². The van der Waals surface area contributed by atoms with E-state index in [1.165, 1.54) is 12.1 Å². The van der Waals surface area contributed by atoms with Gasteiger partial charge in [-0.1, -0.05) is 18.9 Å². The Morgan fingerprint density at radius 3 is 2.66 bits per heavy atom. The Morgan fingerprint density at radius 1 is 1.31 bits per heavy atom. The molecular formula is C22H21F2N3O2. The lowest BCUT2D eigenvalue weighted by Crippen LogP contribution is -2.23. The molecule has 0 amide bonds. The third-order valence-corrected chi connectivity index (χ3v) is 4.75. The number of hydrogen-bond acceptors (Lipinski definition) is 4. The Bertz CT molecular complexity index is 1080. The lowest BCUT2D eigenvalue weighted by molar-refractivity contribution is -0.0498. The van der Waals surface area contributed by atoms with Crippen molar-refractivity contribution in [2.75, 3.05) is 14.1 Å². The van der Waals surface area contributed by atoms with Gasteiger partial charge >= 0.3 is 6.61 Å². The predicted octanol–water partition coefficient (Wildman–Crippen LogP) is 4.43. The van der Waals surface area contributed by atoms with Crippen LogP contribution in [0.1, 0.15) is 41.1 Å². The molecule has 1 heterocycles. The second-order valence-electron chi connectivity index (χ2n) is 6.73. The molecule has 0 bridgehead atoms. The first-order valence-corrected chi connectivity index (χ1v) is 9.10. The summed E-state index contributed by atoms with van der Waals surface area (Å²) in [5, 5.41) is 0. The molecule has 0 fully saturated rings. The number of para-hydroxylation sites is 1. The zero-order valence-corrected chi connectivity index (χ0v) is 16.4. The Hall–Kier alpha value is -3.24. The van der Waals surface area contributed by atoms with E-state index in [0.717, 1.165) is 0 Å². The number of rotatable bonds is 7. The lowest BCUT2D eigenvalue weighted by atomic mass is 10.1. The van der Waals surface area contributed by atoms with Crippen molar-refractivity contribution in [3.63, 3.8) is 0 Å². The van der Waals surface area contributed by atoms with E-state index in [0.29, 0.717) is 35.1 Å². The van der Waals surface area contributed by atoms with Crippen LogP contribution in [0.15, 0.2) is 36.4 Å². The van der Waals surface area contributed by atoms with Crippen molar-refractivity contribution in [2.24, 2.45) is 0 Å². The van der Waals surface area contributed by atoms with Gasteiger partial charge in [0.2, 0.25) is 0 Å². The number of carbonyl (C=O) groups is 1. The number of alkyl halides is 2. The second kappa shape index (κ2) is 8.41. The first-order valence-electron chi connectivity index (χ1n) is 9.10. The van der Waals surface area contributed by atoms with Crippen LogP contribution < -0.4 is 4.74 Å². The number of ether oxygens (including phenoxy) is 1. The van der Waals surface area contributed by atoms with Crippen molar-refractivity contribution in [3.8, 4) is 23.8 Å². The monoisotopic (exact) mass is 397 g/mol. The van der Waals surface area contributed by atoms with Crippen LogP contribution in [-0.2, 0) is 0 Å². The smallest absolute Gasteiger partial charge is 0.387 e. The summed E-state index contributed by atoms with van der Waals surface area (Å²) in [6.45, 7) is -1.03. The number of imidazole rings is 1. The minimum absolute atomic E-state index is 0.107. The number of terminal acetylenes is 1. The number of benzene rings is 2. The lowest BCUT2D eigenvalue weighted by Gasteiger charge is -2.25. The van der Waals surface area contributed by atoms with Crippen LogP contribution in [0.3, 0.4) is 0 Å². The summed E-state index contributed by atoms with van der Waals surface area (Å²) < 4.78 is 32.6. The Labute approximate surface area is 167 Å². The molecule has 0 saturated heterocycles. The van der Waals surface area contributed by atoms with Crippen LogP contribution in [0.2, 0.25) is 0 Å². The highest BCUT2D eigenvalue weighted by Crippen LogP contribution is 2.35. The van der Waals surface area contributed by atoms with Gasteiger partial charge in [0.25, 0.3) is 0 Å². The summed E-state index contributed by atoms with van der Waals surface area (Å²) in [4.78, 5) is 18.5. The molecule has 29 heavy (non-hydrogen) atoms. The van der Waals surface area contributed by atoms with Gasteiger partial charge in [-0.15, -0.1) is 6.42 Å². The molecule has 3 aromatic rings. The Morgan fingerprint density at radius 2 is 2.07 bits per heavy atom. The van der Waals surface area contributed by atoms with Gasteiger partial charge in [-0.2, -0.15) is 8.78 Å². The zero-order chi connectivity index (χ0) is 21.1. The average Bonchev–Trinajstić information content (AvgIpc) is 3.05. The van der Waals surface area contributed by atoms with Gasteiger partial charge < -0.3 is 4.74 Å². The number of fused-ring (bicyclic) bond motifs is 1. The fourth-order valence-corrected chi connectivity index (χ4v) is 3.49. The normalized spacial score (nSPS) is 12.3. The van der Waals surface area contributed by atoms with Crippen LogP contribution in [-0.4, -0.2) is 41.4 Å². The first-order chi connectivity index (χ1) is 13.9. The number of aromatic nitrogens is 2. The number of aldehydes is 1. The molecule has 1 unspecified atom stereocenters. The van der Waals surface area contributed by atoms with E-state index in [2.05, 4.69) is 5.92 Å². The molecule has 1 aromatic heterocycles. The van der Waals surface area contributed by atoms with Crippen molar-refractivity contribution in [1.82, 2.24) is 14.5 Å². The SMILES string of the molecule is C#Cc1ccc2nc(C(CC)N(C)C)n(-c3c(C=O)cccc3OC(F)F)c2c1. The minimum Gasteiger partial charge on any atom is -0.433 e. The van der Waals surface area contributed by atoms with E-state index < -0.39 is 6.61 Å². The summed E-state index contributed by atoms with van der Waals surface area (Å²) >= 11 is 0. The van der Waals surface area contributed by atoms with Gasteiger partial charge in [-0.05, 0) is 50.8 Å². The molecule has 3 rings (SSSR count). The summed E-state index contributed by atoms with van der Waals surface area (Å²) in [6, 6.07) is 9.63. The van der Waals surface area contributed by atoms with Crippen LogP contribution in [0.25, 0.3) is 16.7 Å². The maximum absolute atomic E-state index is 13.1. The van der Waals surface area contributed by atoms with Crippen molar-refractivity contribution >= 4 is 17.3 Å². The van der Waals surface area contributed by atoms with Gasteiger partial charge in [0.05, 0.1) is 17.1 Å². The van der Waals surface area contributed by atoms with Crippen molar-refractivity contribution in [2.45, 2.75) is 26.0 Å². The summed E-state index contributed by atoms with van der Waals surface area (Å²) in [7, 11) is 3.82. The van der Waals surface area contributed by atoms with Gasteiger partial charge in [0, 0.05) is 11.1 Å². The molecule has 1 atom stereocenters. The third-order valence-electron chi connectivity index (χ3n) is 4.75. The van der Waals surface area contributed by atoms with E-state index >= 15 is 0 Å². The van der Waals surface area contributed by atoms with Gasteiger partial charge in [0.15, 0.2) is 12.0 Å². The molecule has 150 valence electrons. The van der Waals surface area contributed by atoms with E-state index in [9.17, 15) is 13.6 Å². The third kappa shape index (κ3) is 3.84. The second-order valence-corrected chi connectivity index (χ2v) is 6.73. The minimum atomic E-state index is -3.04. The van der Waals surface area contributed by atoms with E-state index in [1.54, 1.807) is 28.8 Å². The fraction of sp³-hybridized carbons (Fsp3) is 0.273. The molecule has 0 spiro atoms. The molecule has 0 aliphatic carbocycles. The van der Waals surface area contributed by atoms with Crippen molar-refractivity contribution in [1.29, 1.82) is 0 Å². The van der Waals surface area contributed by atoms with Crippen molar-refractivity contribution < 1.29 is 18.3 Å². The number of halogens is 2. The van der Waals surface area contributed by atoms with E-state index in [1.807, 2.05) is 25.9 Å². The quantitative estimate of drug-likeness (QED) is 0.437. The maximum Gasteiger partial charge on any atom is 0.387 e. The summed E-state index contributed by atoms with van der Waals surface area (Å²) in [5.41, 5.74) is 2.30. The molecule has 0 saturated carbocycles. The highest BCUT2D eigenvalue weighted by atomic mass is 19.3. The Kier molecular flexibility index (Phi) is 5.95. The average molecular weight is 397 g/mol. The molecule has 0 N–H and O–H groups in total. The molecule has 7 heteroatoms. The zero-order valence-electron chi connectivity index (χ0n) is 16.4. The Balaban J connectivity index is 2.45. The molecule has 0 aliphatic rings. The molecule has 0 aliphatic heterocycles. The number of nitrogens with zero attached hydrogens (tertiary/aromatic N) is 3. The van der Waals surface area contributed by atoms with Crippen LogP contribution >= 0.6 is 0 Å². The van der Waals surface area contributed by atoms with E-state index in [-0.39, 0.29) is 23.0 Å². The van der Waals surface area contributed by atoms with Crippen LogP contribution in [0.4, 0.5) is 8.78 Å². The standard InChI is InChI=1S/C22H21F2N3O2/c1-5-14-10-11-16-18(12-14)27(21(25-16)17(6-2)26(3)4)20-15(13-28)8-7-9-19(20)29-22(23)24/h1,7-13,17,22H,6H2,2-4H3. The van der Waals surface area contributed by atoms with E-state index in [4.69, 9.17) is 16.1 Å². The highest BCUT2D eigenvalue weighted by Gasteiger charge is 2.26. The molecule has 2 aromatic carbocycles. The fourth-order valence-electron chi connectivity index (χ4n) is 3.49. The van der Waals surface area contributed by atoms with Crippen molar-refractivity contribution in [3.05, 3.63) is 53.3 Å². The largest absolute Gasteiger partial charge is 0.433 e. The summed E-state index contributed by atoms with van der Waals surface area (Å²) in [6.07, 6.45) is 6.89. The summed E-state index contributed by atoms with van der Waals surface area (Å²) in [5.74, 6) is 3.08. The van der Waals surface area contributed by atoms with Crippen LogP contribution in [0.5, 0.6) is 5.75 Å².